The van der Waals surface area contributed by atoms with Crippen LogP contribution in [0.3, 0.4) is 0 Å². The van der Waals surface area contributed by atoms with Crippen LogP contribution in [-0.2, 0) is 11.0 Å². The van der Waals surface area contributed by atoms with Gasteiger partial charge in [0, 0.05) is 25.3 Å². The van der Waals surface area contributed by atoms with Gasteiger partial charge in [0.1, 0.15) is 0 Å². The van der Waals surface area contributed by atoms with Crippen LogP contribution < -0.4 is 20.4 Å². The summed E-state index contributed by atoms with van der Waals surface area (Å²) in [6.07, 6.45) is -4.26. The van der Waals surface area contributed by atoms with Gasteiger partial charge >= 0.3 is 12.2 Å². The highest BCUT2D eigenvalue weighted by atomic mass is 19.4. The zero-order valence-corrected chi connectivity index (χ0v) is 15.2. The maximum Gasteiger partial charge on any atom is 0.416 e. The highest BCUT2D eigenvalue weighted by Crippen LogP contribution is 2.33. The van der Waals surface area contributed by atoms with Crippen molar-refractivity contribution in [2.75, 3.05) is 46.7 Å². The number of aliphatic hydroxyl groups excluding tert-OH is 1. The number of urea groups is 1. The molecule has 0 radical (unpaired) electrons. The summed E-state index contributed by atoms with van der Waals surface area (Å²) in [5.41, 5.74) is 0.750. The van der Waals surface area contributed by atoms with E-state index in [0.29, 0.717) is 25.3 Å². The number of amides is 3. The van der Waals surface area contributed by atoms with Crippen molar-refractivity contribution in [2.24, 2.45) is 0 Å². The Balaban J connectivity index is 1.83. The number of hydrogen-bond donors (Lipinski definition) is 3. The minimum Gasteiger partial charge on any atom is -0.395 e. The first-order valence-corrected chi connectivity index (χ1v) is 8.80. The monoisotopic (exact) mass is 408 g/mol. The van der Waals surface area contributed by atoms with E-state index in [9.17, 15) is 27.9 Å². The average molecular weight is 408 g/mol. The van der Waals surface area contributed by atoms with E-state index in [1.165, 1.54) is 12.1 Å². The lowest BCUT2D eigenvalue weighted by Gasteiger charge is -2.32. The second-order valence-corrected chi connectivity index (χ2v) is 6.32. The van der Waals surface area contributed by atoms with Crippen molar-refractivity contribution >= 4 is 35.2 Å². The zero-order chi connectivity index (χ0) is 21.0. The minimum absolute atomic E-state index is 0.0584. The maximum absolute atomic E-state index is 12.8. The Morgan fingerprint density at radius 3 is 2.76 bits per heavy atom. The van der Waals surface area contributed by atoms with E-state index in [4.69, 9.17) is 0 Å². The molecule has 7 nitrogen and oxygen atoms in total. The fraction of sp³-hybridized carbons (Fsp3) is 0.263. The Bertz CT molecular complexity index is 905. The number of hydrogen-bond acceptors (Lipinski definition) is 5. The molecule has 154 valence electrons. The number of anilines is 4. The Morgan fingerprint density at radius 1 is 1.28 bits per heavy atom. The van der Waals surface area contributed by atoms with Crippen molar-refractivity contribution in [3.63, 3.8) is 0 Å². The topological polar surface area (TPSA) is 84.9 Å². The predicted octanol–water partition coefficient (Wildman–Crippen LogP) is 3.12. The van der Waals surface area contributed by atoms with Crippen LogP contribution in [0.25, 0.3) is 0 Å². The van der Waals surface area contributed by atoms with Crippen LogP contribution in [0, 0.1) is 0 Å². The number of imide groups is 1. The second kappa shape index (κ2) is 8.39. The van der Waals surface area contributed by atoms with Gasteiger partial charge in [0.15, 0.2) is 0 Å². The van der Waals surface area contributed by atoms with Crippen LogP contribution in [0.2, 0.25) is 0 Å². The lowest BCUT2D eigenvalue weighted by Crippen LogP contribution is -2.37. The standard InChI is InChI=1S/C19H19F3N4O3/c20-19(21,22)13-2-1-3-14(10-13)24-18(29)26(12-28)15-4-5-16-17(11-15)25(8-9-27)7-6-23-16/h1-5,10-12,23,27H,6-9H2,(H,24,29). The van der Waals surface area contributed by atoms with Gasteiger partial charge in [0.25, 0.3) is 0 Å². The number of nitrogens with one attached hydrogen (secondary N) is 2. The van der Waals surface area contributed by atoms with Crippen molar-refractivity contribution in [3.05, 3.63) is 48.0 Å². The molecule has 3 N–H and O–H groups in total. The number of halogens is 3. The van der Waals surface area contributed by atoms with Crippen LogP contribution in [0.15, 0.2) is 42.5 Å². The van der Waals surface area contributed by atoms with Gasteiger partial charge in [0.05, 0.1) is 29.2 Å². The molecule has 10 heteroatoms. The minimum atomic E-state index is -4.55. The Kier molecular flexibility index (Phi) is 5.92. The maximum atomic E-state index is 12.8. The molecular weight excluding hydrogens is 389 g/mol. The molecule has 3 amide bonds. The van der Waals surface area contributed by atoms with Crippen molar-refractivity contribution in [3.8, 4) is 0 Å². The van der Waals surface area contributed by atoms with E-state index in [1.807, 2.05) is 4.90 Å². The van der Waals surface area contributed by atoms with Gasteiger partial charge in [-0.3, -0.25) is 4.79 Å². The molecule has 3 rings (SSSR count). The van der Waals surface area contributed by atoms with Gasteiger partial charge in [-0.25, -0.2) is 9.69 Å². The van der Waals surface area contributed by atoms with Gasteiger partial charge < -0.3 is 20.6 Å². The van der Waals surface area contributed by atoms with E-state index in [0.717, 1.165) is 22.7 Å². The fourth-order valence-corrected chi connectivity index (χ4v) is 3.06. The van der Waals surface area contributed by atoms with E-state index >= 15 is 0 Å². The van der Waals surface area contributed by atoms with Crippen LogP contribution >= 0.6 is 0 Å². The molecule has 2 aromatic rings. The number of benzene rings is 2. The summed E-state index contributed by atoms with van der Waals surface area (Å²) in [6.45, 7) is 1.64. The summed E-state index contributed by atoms with van der Waals surface area (Å²) in [5, 5.41) is 14.7. The number of carbonyl (C=O) groups excluding carboxylic acids is 2. The molecule has 0 bridgehead atoms. The quantitative estimate of drug-likeness (QED) is 0.662. The summed E-state index contributed by atoms with van der Waals surface area (Å²) in [4.78, 5) is 26.7. The third kappa shape index (κ3) is 4.60. The third-order valence-corrected chi connectivity index (χ3v) is 4.43. The molecule has 1 aliphatic rings. The van der Waals surface area contributed by atoms with Gasteiger partial charge in [-0.05, 0) is 36.4 Å². The van der Waals surface area contributed by atoms with Gasteiger partial charge in [0.2, 0.25) is 6.41 Å². The first kappa shape index (κ1) is 20.5. The van der Waals surface area contributed by atoms with Crippen LogP contribution in [0.1, 0.15) is 5.56 Å². The summed E-state index contributed by atoms with van der Waals surface area (Å²) < 4.78 is 38.5. The number of fused-ring (bicyclic) bond motifs is 1. The largest absolute Gasteiger partial charge is 0.416 e. The predicted molar refractivity (Wildman–Crippen MR) is 103 cm³/mol. The number of nitrogens with zero attached hydrogens (tertiary/aromatic N) is 2. The first-order chi connectivity index (χ1) is 13.8. The Morgan fingerprint density at radius 2 is 2.07 bits per heavy atom. The van der Waals surface area contributed by atoms with Crippen molar-refractivity contribution in [1.82, 2.24) is 0 Å². The number of alkyl halides is 3. The van der Waals surface area contributed by atoms with Gasteiger partial charge in [-0.15, -0.1) is 0 Å². The molecule has 0 fully saturated rings. The van der Waals surface area contributed by atoms with E-state index in [-0.39, 0.29) is 24.4 Å². The Hall–Kier alpha value is -3.27. The molecule has 0 aromatic heterocycles. The Labute approximate surface area is 164 Å². The van der Waals surface area contributed by atoms with Crippen molar-refractivity contribution < 1.29 is 27.9 Å². The third-order valence-electron chi connectivity index (χ3n) is 4.43. The molecule has 0 saturated carbocycles. The first-order valence-electron chi connectivity index (χ1n) is 8.80. The molecule has 0 unspecified atom stereocenters. The van der Waals surface area contributed by atoms with E-state index in [2.05, 4.69) is 10.6 Å². The molecule has 1 heterocycles. The highest BCUT2D eigenvalue weighted by molar-refractivity contribution is 6.12. The normalized spacial score (nSPS) is 13.3. The molecule has 0 spiro atoms. The van der Waals surface area contributed by atoms with E-state index in [1.54, 1.807) is 18.2 Å². The van der Waals surface area contributed by atoms with Gasteiger partial charge in [-0.1, -0.05) is 6.07 Å². The SMILES string of the molecule is O=CN(C(=O)Nc1cccc(C(F)(F)F)c1)c1ccc2c(c1)N(CCO)CCN2. The molecular formula is C19H19F3N4O3. The summed E-state index contributed by atoms with van der Waals surface area (Å²) in [5.74, 6) is 0. The number of carbonyl (C=O) groups is 2. The lowest BCUT2D eigenvalue weighted by atomic mass is 10.1. The lowest BCUT2D eigenvalue weighted by molar-refractivity contribution is -0.137. The van der Waals surface area contributed by atoms with Crippen molar-refractivity contribution in [2.45, 2.75) is 6.18 Å². The summed E-state index contributed by atoms with van der Waals surface area (Å²) >= 11 is 0. The van der Waals surface area contributed by atoms with Crippen molar-refractivity contribution in [1.29, 1.82) is 0 Å². The average Bonchev–Trinajstić information content (AvgIpc) is 2.69. The van der Waals surface area contributed by atoms with Crippen LogP contribution in [0.4, 0.5) is 40.7 Å². The number of β-amino-alcohol motifs (C(OH)–C–C–N with tert-alkyl or cyclic N) is 1. The van der Waals surface area contributed by atoms with E-state index < -0.39 is 17.8 Å². The van der Waals surface area contributed by atoms with Crippen LogP contribution in [-0.4, -0.2) is 43.8 Å². The zero-order valence-electron chi connectivity index (χ0n) is 15.2. The molecule has 0 atom stereocenters. The molecule has 1 aliphatic heterocycles. The highest BCUT2D eigenvalue weighted by Gasteiger charge is 2.30. The van der Waals surface area contributed by atoms with Gasteiger partial charge in [-0.2, -0.15) is 13.2 Å². The molecule has 0 saturated heterocycles. The summed E-state index contributed by atoms with van der Waals surface area (Å²) in [6, 6.07) is 8.11. The molecule has 2 aromatic carbocycles. The fourth-order valence-electron chi connectivity index (χ4n) is 3.06. The second-order valence-electron chi connectivity index (χ2n) is 6.32. The number of aliphatic hydroxyl groups is 1. The number of rotatable bonds is 5. The summed E-state index contributed by atoms with van der Waals surface area (Å²) in [7, 11) is 0. The van der Waals surface area contributed by atoms with Crippen LogP contribution in [0.5, 0.6) is 0 Å². The smallest absolute Gasteiger partial charge is 0.395 e. The molecule has 0 aliphatic carbocycles. The molecule has 29 heavy (non-hydrogen) atoms.